The average molecular weight is 481 g/mol. The molecule has 1 N–H and O–H groups in total. The molecule has 32 heavy (non-hydrogen) atoms. The van der Waals surface area contributed by atoms with Crippen LogP contribution in [-0.4, -0.2) is 43.0 Å². The van der Waals surface area contributed by atoms with E-state index in [9.17, 15) is 9.59 Å². The van der Waals surface area contributed by atoms with Crippen LogP contribution in [0.1, 0.15) is 32.8 Å². The fourth-order valence-corrected chi connectivity index (χ4v) is 3.54. The molecule has 1 atom stereocenters. The normalized spacial score (nSPS) is 11.7. The van der Waals surface area contributed by atoms with Crippen LogP contribution in [0.2, 0.25) is 10.0 Å². The molecule has 0 bridgehead atoms. The Balaban J connectivity index is 2.21. The molecule has 0 aliphatic rings. The fourth-order valence-electron chi connectivity index (χ4n) is 3.08. The smallest absolute Gasteiger partial charge is 0.261 e. The third-order valence-electron chi connectivity index (χ3n) is 4.85. The minimum absolute atomic E-state index is 0.161. The maximum atomic E-state index is 13.2. The Kier molecular flexibility index (Phi) is 10.1. The van der Waals surface area contributed by atoms with E-state index < -0.39 is 6.04 Å². The molecule has 0 aliphatic carbocycles. The standard InChI is InChI=1S/C24H30Cl2N2O4/c1-5-22(24(30)27-13-16(2)3)28(14-17-6-7-18(25)12-21(17)26)23(29)15-32-20-10-8-19(31-4)9-11-20/h6-12,16,22H,5,13-15H2,1-4H3,(H,27,30)/t22-/m1/s1. The molecular formula is C24H30Cl2N2O4. The number of methoxy groups -OCH3 is 1. The second-order valence-electron chi connectivity index (χ2n) is 7.78. The van der Waals surface area contributed by atoms with E-state index in [2.05, 4.69) is 5.32 Å². The quantitative estimate of drug-likeness (QED) is 0.493. The zero-order chi connectivity index (χ0) is 23.7. The van der Waals surface area contributed by atoms with Crippen LogP contribution in [0.15, 0.2) is 42.5 Å². The van der Waals surface area contributed by atoms with Crippen molar-refractivity contribution < 1.29 is 19.1 Å². The SMILES string of the molecule is CC[C@H](C(=O)NCC(C)C)N(Cc1ccc(Cl)cc1Cl)C(=O)COc1ccc(OC)cc1. The third-order valence-corrected chi connectivity index (χ3v) is 5.43. The lowest BCUT2D eigenvalue weighted by Gasteiger charge is -2.31. The Labute approximate surface area is 199 Å². The molecule has 0 aliphatic heterocycles. The summed E-state index contributed by atoms with van der Waals surface area (Å²) in [4.78, 5) is 27.6. The molecule has 0 radical (unpaired) electrons. The van der Waals surface area contributed by atoms with Gasteiger partial charge in [-0.2, -0.15) is 0 Å². The van der Waals surface area contributed by atoms with Crippen LogP contribution in [0.5, 0.6) is 11.5 Å². The molecule has 2 rings (SSSR count). The van der Waals surface area contributed by atoms with Gasteiger partial charge in [-0.1, -0.05) is 50.0 Å². The molecule has 8 heteroatoms. The van der Waals surface area contributed by atoms with Gasteiger partial charge in [-0.3, -0.25) is 9.59 Å². The van der Waals surface area contributed by atoms with E-state index in [1.165, 1.54) is 4.90 Å². The maximum absolute atomic E-state index is 13.2. The van der Waals surface area contributed by atoms with E-state index in [1.807, 2.05) is 20.8 Å². The molecule has 0 saturated heterocycles. The summed E-state index contributed by atoms with van der Waals surface area (Å²) in [5.41, 5.74) is 0.698. The molecule has 0 saturated carbocycles. The number of rotatable bonds is 11. The Morgan fingerprint density at radius 3 is 2.28 bits per heavy atom. The number of carbonyl (C=O) groups excluding carboxylic acids is 2. The zero-order valence-corrected chi connectivity index (χ0v) is 20.4. The molecule has 0 spiro atoms. The van der Waals surface area contributed by atoms with Crippen molar-refractivity contribution in [2.75, 3.05) is 20.3 Å². The van der Waals surface area contributed by atoms with E-state index in [4.69, 9.17) is 32.7 Å². The van der Waals surface area contributed by atoms with Crippen molar-refractivity contribution >= 4 is 35.0 Å². The van der Waals surface area contributed by atoms with Gasteiger partial charge >= 0.3 is 0 Å². The van der Waals surface area contributed by atoms with Crippen LogP contribution in [0.25, 0.3) is 0 Å². The van der Waals surface area contributed by atoms with E-state index >= 15 is 0 Å². The van der Waals surface area contributed by atoms with Gasteiger partial charge in [0.1, 0.15) is 17.5 Å². The van der Waals surface area contributed by atoms with Gasteiger partial charge in [0.05, 0.1) is 7.11 Å². The van der Waals surface area contributed by atoms with E-state index in [0.29, 0.717) is 46.0 Å². The van der Waals surface area contributed by atoms with Gasteiger partial charge in [0, 0.05) is 23.1 Å². The van der Waals surface area contributed by atoms with Crippen molar-refractivity contribution in [1.29, 1.82) is 0 Å². The van der Waals surface area contributed by atoms with Gasteiger partial charge in [0.15, 0.2) is 6.61 Å². The highest BCUT2D eigenvalue weighted by molar-refractivity contribution is 6.35. The number of benzene rings is 2. The largest absolute Gasteiger partial charge is 0.497 e. The fraction of sp³-hybridized carbons (Fsp3) is 0.417. The van der Waals surface area contributed by atoms with Crippen LogP contribution >= 0.6 is 23.2 Å². The summed E-state index contributed by atoms with van der Waals surface area (Å²) in [6, 6.07) is 11.4. The van der Waals surface area contributed by atoms with Crippen molar-refractivity contribution in [3.05, 3.63) is 58.1 Å². The molecule has 2 amide bonds. The summed E-state index contributed by atoms with van der Waals surface area (Å²) in [5.74, 6) is 0.990. The zero-order valence-electron chi connectivity index (χ0n) is 18.9. The van der Waals surface area contributed by atoms with Crippen LogP contribution < -0.4 is 14.8 Å². The van der Waals surface area contributed by atoms with Crippen molar-refractivity contribution in [3.8, 4) is 11.5 Å². The summed E-state index contributed by atoms with van der Waals surface area (Å²) in [7, 11) is 1.58. The predicted octanol–water partition coefficient (Wildman–Crippen LogP) is 4.96. The Morgan fingerprint density at radius 2 is 1.72 bits per heavy atom. The maximum Gasteiger partial charge on any atom is 0.261 e. The van der Waals surface area contributed by atoms with Crippen LogP contribution in [0.3, 0.4) is 0 Å². The number of nitrogens with zero attached hydrogens (tertiary/aromatic N) is 1. The first-order valence-corrected chi connectivity index (χ1v) is 11.3. The lowest BCUT2D eigenvalue weighted by Crippen LogP contribution is -2.50. The van der Waals surface area contributed by atoms with Gasteiger partial charge in [0.25, 0.3) is 5.91 Å². The molecule has 0 heterocycles. The molecule has 0 aromatic heterocycles. The summed E-state index contributed by atoms with van der Waals surface area (Å²) in [6.07, 6.45) is 0.448. The molecular weight excluding hydrogens is 451 g/mol. The minimum atomic E-state index is -0.660. The number of hydrogen-bond acceptors (Lipinski definition) is 4. The summed E-state index contributed by atoms with van der Waals surface area (Å²) < 4.78 is 10.8. The Hall–Kier alpha value is -2.44. The van der Waals surface area contributed by atoms with Gasteiger partial charge in [-0.05, 0) is 54.3 Å². The summed E-state index contributed by atoms with van der Waals surface area (Å²) >= 11 is 12.4. The number of nitrogens with one attached hydrogen (secondary N) is 1. The monoisotopic (exact) mass is 480 g/mol. The highest BCUT2D eigenvalue weighted by atomic mass is 35.5. The second-order valence-corrected chi connectivity index (χ2v) is 8.63. The number of halogens is 2. The van der Waals surface area contributed by atoms with E-state index in [1.54, 1.807) is 49.6 Å². The van der Waals surface area contributed by atoms with Crippen LogP contribution in [-0.2, 0) is 16.1 Å². The highest BCUT2D eigenvalue weighted by Gasteiger charge is 2.29. The number of amides is 2. The average Bonchev–Trinajstić information content (AvgIpc) is 2.77. The summed E-state index contributed by atoms with van der Waals surface area (Å²) in [6.45, 7) is 6.37. The predicted molar refractivity (Wildman–Crippen MR) is 127 cm³/mol. The highest BCUT2D eigenvalue weighted by Crippen LogP contribution is 2.24. The summed E-state index contributed by atoms with van der Waals surface area (Å²) in [5, 5.41) is 3.86. The van der Waals surface area contributed by atoms with E-state index in [-0.39, 0.29) is 25.0 Å². The van der Waals surface area contributed by atoms with Crippen LogP contribution in [0, 0.1) is 5.92 Å². The number of hydrogen-bond donors (Lipinski definition) is 1. The van der Waals surface area contributed by atoms with Gasteiger partial charge < -0.3 is 19.7 Å². The Bertz CT molecular complexity index is 903. The van der Waals surface area contributed by atoms with Gasteiger partial charge in [-0.25, -0.2) is 0 Å². The first kappa shape index (κ1) is 25.8. The van der Waals surface area contributed by atoms with Crippen molar-refractivity contribution in [2.45, 2.75) is 39.8 Å². The van der Waals surface area contributed by atoms with Gasteiger partial charge in [-0.15, -0.1) is 0 Å². The van der Waals surface area contributed by atoms with Gasteiger partial charge in [0.2, 0.25) is 5.91 Å². The topological polar surface area (TPSA) is 67.9 Å². The molecule has 0 unspecified atom stereocenters. The lowest BCUT2D eigenvalue weighted by molar-refractivity contribution is -0.143. The van der Waals surface area contributed by atoms with E-state index in [0.717, 1.165) is 0 Å². The first-order valence-electron chi connectivity index (χ1n) is 10.5. The molecule has 6 nitrogen and oxygen atoms in total. The van der Waals surface area contributed by atoms with Crippen molar-refractivity contribution in [2.24, 2.45) is 5.92 Å². The van der Waals surface area contributed by atoms with Crippen molar-refractivity contribution in [1.82, 2.24) is 10.2 Å². The Morgan fingerprint density at radius 1 is 1.06 bits per heavy atom. The molecule has 0 fully saturated rings. The van der Waals surface area contributed by atoms with Crippen molar-refractivity contribution in [3.63, 3.8) is 0 Å². The second kappa shape index (κ2) is 12.6. The molecule has 2 aromatic carbocycles. The third kappa shape index (κ3) is 7.61. The number of ether oxygens (including phenoxy) is 2. The minimum Gasteiger partial charge on any atom is -0.497 e. The van der Waals surface area contributed by atoms with Crippen LogP contribution in [0.4, 0.5) is 0 Å². The first-order chi connectivity index (χ1) is 15.2. The molecule has 2 aromatic rings. The molecule has 174 valence electrons. The lowest BCUT2D eigenvalue weighted by atomic mass is 10.1. The number of carbonyl (C=O) groups is 2.